The molecule has 1 amide bonds. The highest BCUT2D eigenvalue weighted by atomic mass is 32.2. The minimum atomic E-state index is -3.67. The van der Waals surface area contributed by atoms with Crippen LogP contribution in [-0.4, -0.2) is 37.2 Å². The Bertz CT molecular complexity index is 813. The Balaban J connectivity index is 1.82. The maximum atomic E-state index is 12.0. The van der Waals surface area contributed by atoms with Crippen LogP contribution in [-0.2, 0) is 28.3 Å². The summed E-state index contributed by atoms with van der Waals surface area (Å²) in [6.07, 6.45) is 0.655. The van der Waals surface area contributed by atoms with E-state index in [0.29, 0.717) is 13.0 Å². The largest absolute Gasteiger partial charge is 0.355 e. The van der Waals surface area contributed by atoms with E-state index in [1.165, 1.54) is 12.1 Å². The van der Waals surface area contributed by atoms with Crippen molar-refractivity contribution < 1.29 is 13.2 Å². The predicted molar refractivity (Wildman–Crippen MR) is 91.0 cm³/mol. The van der Waals surface area contributed by atoms with Gasteiger partial charge in [-0.05, 0) is 38.0 Å². The Hall–Kier alpha value is -2.19. The third kappa shape index (κ3) is 4.42. The third-order valence-electron chi connectivity index (χ3n) is 3.83. The van der Waals surface area contributed by atoms with E-state index < -0.39 is 10.0 Å². The van der Waals surface area contributed by atoms with Crippen molar-refractivity contribution >= 4 is 15.9 Å². The normalized spacial score (nSPS) is 11.5. The number of amides is 1. The Morgan fingerprint density at radius 1 is 1.21 bits per heavy atom. The lowest BCUT2D eigenvalue weighted by Crippen LogP contribution is -2.37. The molecule has 2 rings (SSSR count). The summed E-state index contributed by atoms with van der Waals surface area (Å²) in [6.45, 7) is 4.05. The van der Waals surface area contributed by atoms with Gasteiger partial charge in [-0.25, -0.2) is 13.1 Å². The molecule has 1 aromatic heterocycles. The van der Waals surface area contributed by atoms with Gasteiger partial charge < -0.3 is 5.32 Å². The van der Waals surface area contributed by atoms with Gasteiger partial charge in [-0.15, -0.1) is 0 Å². The van der Waals surface area contributed by atoms with E-state index in [1.54, 1.807) is 22.9 Å². The number of aromatic nitrogens is 2. The number of nitrogens with zero attached hydrogens (tertiary/aromatic N) is 2. The fourth-order valence-electron chi connectivity index (χ4n) is 2.41. The van der Waals surface area contributed by atoms with Crippen LogP contribution in [0.2, 0.25) is 0 Å². The second kappa shape index (κ2) is 7.59. The molecule has 7 nitrogen and oxygen atoms in total. The SMILES string of the molecule is Cc1nn(C)c(C)c1CCNC(=O)CNS(=O)(=O)c1ccccc1. The molecule has 130 valence electrons. The quantitative estimate of drug-likeness (QED) is 0.768. The number of aryl methyl sites for hydroxylation is 2. The lowest BCUT2D eigenvalue weighted by atomic mass is 10.1. The van der Waals surface area contributed by atoms with Gasteiger partial charge in [-0.3, -0.25) is 9.48 Å². The molecule has 0 atom stereocenters. The van der Waals surface area contributed by atoms with Crippen molar-refractivity contribution in [2.24, 2.45) is 7.05 Å². The monoisotopic (exact) mass is 350 g/mol. The van der Waals surface area contributed by atoms with Gasteiger partial charge in [0.1, 0.15) is 0 Å². The van der Waals surface area contributed by atoms with Crippen molar-refractivity contribution in [3.8, 4) is 0 Å². The summed E-state index contributed by atoms with van der Waals surface area (Å²) in [5, 5.41) is 7.04. The second-order valence-electron chi connectivity index (χ2n) is 5.51. The fourth-order valence-corrected chi connectivity index (χ4v) is 3.42. The molecule has 8 heteroatoms. The summed E-state index contributed by atoms with van der Waals surface area (Å²) in [7, 11) is -1.79. The van der Waals surface area contributed by atoms with E-state index in [9.17, 15) is 13.2 Å². The summed E-state index contributed by atoms with van der Waals surface area (Å²) in [6, 6.07) is 7.96. The topological polar surface area (TPSA) is 93.1 Å². The molecular formula is C16H22N4O3S. The summed E-state index contributed by atoms with van der Waals surface area (Å²) in [5.74, 6) is -0.367. The van der Waals surface area contributed by atoms with Gasteiger partial charge in [0.2, 0.25) is 15.9 Å². The molecule has 0 aliphatic carbocycles. The van der Waals surface area contributed by atoms with Crippen LogP contribution >= 0.6 is 0 Å². The van der Waals surface area contributed by atoms with Crippen molar-refractivity contribution in [1.82, 2.24) is 19.8 Å². The molecule has 0 aliphatic rings. The maximum Gasteiger partial charge on any atom is 0.241 e. The number of nitrogens with one attached hydrogen (secondary N) is 2. The summed E-state index contributed by atoms with van der Waals surface area (Å²) >= 11 is 0. The van der Waals surface area contributed by atoms with Crippen LogP contribution in [0.3, 0.4) is 0 Å². The van der Waals surface area contributed by atoms with Crippen molar-refractivity contribution in [3.05, 3.63) is 47.3 Å². The van der Waals surface area contributed by atoms with Crippen LogP contribution < -0.4 is 10.0 Å². The first kappa shape index (κ1) is 18.2. The van der Waals surface area contributed by atoms with Crippen LogP contribution in [0.1, 0.15) is 17.0 Å². The molecule has 0 saturated heterocycles. The number of benzene rings is 1. The number of hydrogen-bond acceptors (Lipinski definition) is 4. The van der Waals surface area contributed by atoms with Gasteiger partial charge >= 0.3 is 0 Å². The second-order valence-corrected chi connectivity index (χ2v) is 7.28. The molecule has 2 N–H and O–H groups in total. The summed E-state index contributed by atoms with van der Waals surface area (Å²) in [5.41, 5.74) is 3.10. The zero-order chi connectivity index (χ0) is 17.7. The van der Waals surface area contributed by atoms with Gasteiger partial charge in [-0.1, -0.05) is 18.2 Å². The predicted octanol–water partition coefficient (Wildman–Crippen LogP) is 0.674. The first-order valence-corrected chi connectivity index (χ1v) is 9.10. The van der Waals surface area contributed by atoms with E-state index in [0.717, 1.165) is 17.0 Å². The Kier molecular flexibility index (Phi) is 5.74. The standard InChI is InChI=1S/C16H22N4O3S/c1-12-15(13(2)20(3)19-12)9-10-17-16(21)11-18-24(22,23)14-7-5-4-6-8-14/h4-8,18H,9-11H2,1-3H3,(H,17,21). The first-order chi connectivity index (χ1) is 11.3. The Morgan fingerprint density at radius 2 is 1.88 bits per heavy atom. The third-order valence-corrected chi connectivity index (χ3v) is 5.25. The van der Waals surface area contributed by atoms with Gasteiger partial charge in [0, 0.05) is 19.3 Å². The number of sulfonamides is 1. The first-order valence-electron chi connectivity index (χ1n) is 7.62. The fraction of sp³-hybridized carbons (Fsp3) is 0.375. The van der Waals surface area contributed by atoms with Crippen molar-refractivity contribution in [2.75, 3.05) is 13.1 Å². The smallest absolute Gasteiger partial charge is 0.241 e. The molecule has 1 heterocycles. The Labute approximate surface area is 142 Å². The highest BCUT2D eigenvalue weighted by Crippen LogP contribution is 2.11. The lowest BCUT2D eigenvalue weighted by Gasteiger charge is -2.08. The molecule has 0 spiro atoms. The Morgan fingerprint density at radius 3 is 2.46 bits per heavy atom. The molecule has 0 fully saturated rings. The average Bonchev–Trinajstić information content (AvgIpc) is 2.80. The van der Waals surface area contributed by atoms with Crippen molar-refractivity contribution in [1.29, 1.82) is 0 Å². The van der Waals surface area contributed by atoms with Gasteiger partial charge in [-0.2, -0.15) is 5.10 Å². The number of carbonyl (C=O) groups is 1. The maximum absolute atomic E-state index is 12.0. The molecule has 1 aromatic carbocycles. The van der Waals surface area contributed by atoms with E-state index in [4.69, 9.17) is 0 Å². The molecule has 0 unspecified atom stereocenters. The van der Waals surface area contributed by atoms with Gasteiger partial charge in [0.15, 0.2) is 0 Å². The van der Waals surface area contributed by atoms with E-state index >= 15 is 0 Å². The molecule has 24 heavy (non-hydrogen) atoms. The summed E-state index contributed by atoms with van der Waals surface area (Å²) in [4.78, 5) is 12.0. The van der Waals surface area contributed by atoms with E-state index in [1.807, 2.05) is 20.9 Å². The zero-order valence-electron chi connectivity index (χ0n) is 14.0. The molecule has 0 aliphatic heterocycles. The van der Waals surface area contributed by atoms with Crippen LogP contribution in [0.5, 0.6) is 0 Å². The van der Waals surface area contributed by atoms with Crippen LogP contribution in [0, 0.1) is 13.8 Å². The highest BCUT2D eigenvalue weighted by molar-refractivity contribution is 7.89. The van der Waals surface area contributed by atoms with E-state index in [-0.39, 0.29) is 17.3 Å². The molecule has 0 radical (unpaired) electrons. The summed E-state index contributed by atoms with van der Waals surface area (Å²) < 4.78 is 28.1. The number of rotatable bonds is 7. The van der Waals surface area contributed by atoms with Gasteiger partial charge in [0.05, 0.1) is 17.1 Å². The average molecular weight is 350 g/mol. The lowest BCUT2D eigenvalue weighted by molar-refractivity contribution is -0.119. The van der Waals surface area contributed by atoms with Crippen molar-refractivity contribution in [2.45, 2.75) is 25.2 Å². The molecular weight excluding hydrogens is 328 g/mol. The number of hydrogen-bond donors (Lipinski definition) is 2. The minimum Gasteiger partial charge on any atom is -0.355 e. The zero-order valence-corrected chi connectivity index (χ0v) is 14.9. The van der Waals surface area contributed by atoms with Crippen LogP contribution in [0.25, 0.3) is 0 Å². The number of carbonyl (C=O) groups excluding carboxylic acids is 1. The minimum absolute atomic E-state index is 0.138. The van der Waals surface area contributed by atoms with Crippen LogP contribution in [0.15, 0.2) is 35.2 Å². The highest BCUT2D eigenvalue weighted by Gasteiger charge is 2.15. The van der Waals surface area contributed by atoms with Crippen molar-refractivity contribution in [3.63, 3.8) is 0 Å². The molecule has 0 bridgehead atoms. The van der Waals surface area contributed by atoms with Crippen LogP contribution in [0.4, 0.5) is 0 Å². The van der Waals surface area contributed by atoms with E-state index in [2.05, 4.69) is 15.1 Å². The molecule has 0 saturated carbocycles. The molecule has 2 aromatic rings. The van der Waals surface area contributed by atoms with Gasteiger partial charge in [0.25, 0.3) is 0 Å².